The molecule has 0 amide bonds. The SMILES string of the molecule is Cc1ccc(-c2nc(NC[C@@H](C)N)c3ccccc3n2)c(O)c1. The van der Waals surface area contributed by atoms with Crippen LogP contribution in [0.25, 0.3) is 22.3 Å². The number of benzene rings is 2. The summed E-state index contributed by atoms with van der Waals surface area (Å²) in [7, 11) is 0. The van der Waals surface area contributed by atoms with Crippen molar-refractivity contribution in [3.63, 3.8) is 0 Å². The Kier molecular flexibility index (Phi) is 4.12. The number of fused-ring (bicyclic) bond motifs is 1. The van der Waals surface area contributed by atoms with E-state index in [9.17, 15) is 5.11 Å². The van der Waals surface area contributed by atoms with E-state index in [4.69, 9.17) is 5.73 Å². The minimum absolute atomic E-state index is 0.0138. The largest absolute Gasteiger partial charge is 0.507 e. The Labute approximate surface area is 135 Å². The summed E-state index contributed by atoms with van der Waals surface area (Å²) in [6, 6.07) is 13.3. The van der Waals surface area contributed by atoms with E-state index in [1.807, 2.05) is 50.2 Å². The minimum atomic E-state index is 0.0138. The smallest absolute Gasteiger partial charge is 0.165 e. The van der Waals surface area contributed by atoms with Crippen LogP contribution in [0.4, 0.5) is 5.82 Å². The zero-order valence-electron chi connectivity index (χ0n) is 13.2. The van der Waals surface area contributed by atoms with E-state index in [0.29, 0.717) is 17.9 Å². The zero-order chi connectivity index (χ0) is 16.4. The van der Waals surface area contributed by atoms with Crippen LogP contribution < -0.4 is 11.1 Å². The zero-order valence-corrected chi connectivity index (χ0v) is 13.2. The molecule has 0 aliphatic carbocycles. The minimum Gasteiger partial charge on any atom is -0.507 e. The summed E-state index contributed by atoms with van der Waals surface area (Å²) in [5.41, 5.74) is 8.26. The van der Waals surface area contributed by atoms with Crippen molar-refractivity contribution in [1.82, 2.24) is 9.97 Å². The van der Waals surface area contributed by atoms with Gasteiger partial charge in [-0.05, 0) is 43.7 Å². The molecule has 3 rings (SSSR count). The Balaban J connectivity index is 2.14. The van der Waals surface area contributed by atoms with Gasteiger partial charge in [-0.2, -0.15) is 0 Å². The van der Waals surface area contributed by atoms with Gasteiger partial charge in [0, 0.05) is 18.0 Å². The highest BCUT2D eigenvalue weighted by Gasteiger charge is 2.12. The van der Waals surface area contributed by atoms with Crippen molar-refractivity contribution in [2.24, 2.45) is 5.73 Å². The summed E-state index contributed by atoms with van der Waals surface area (Å²) in [5.74, 6) is 1.40. The third kappa shape index (κ3) is 3.24. The van der Waals surface area contributed by atoms with Gasteiger partial charge in [-0.1, -0.05) is 18.2 Å². The fourth-order valence-electron chi connectivity index (χ4n) is 2.42. The Hall–Kier alpha value is -2.66. The van der Waals surface area contributed by atoms with Crippen LogP contribution in [0.1, 0.15) is 12.5 Å². The summed E-state index contributed by atoms with van der Waals surface area (Å²) < 4.78 is 0. The second-order valence-electron chi connectivity index (χ2n) is 5.79. The van der Waals surface area contributed by atoms with E-state index in [2.05, 4.69) is 15.3 Å². The monoisotopic (exact) mass is 308 g/mol. The fourth-order valence-corrected chi connectivity index (χ4v) is 2.42. The number of anilines is 1. The molecule has 1 heterocycles. The van der Waals surface area contributed by atoms with Gasteiger partial charge in [0.15, 0.2) is 5.82 Å². The second-order valence-corrected chi connectivity index (χ2v) is 5.79. The highest BCUT2D eigenvalue weighted by Crippen LogP contribution is 2.30. The number of aryl methyl sites for hydroxylation is 1. The van der Waals surface area contributed by atoms with Crippen molar-refractivity contribution in [2.75, 3.05) is 11.9 Å². The molecule has 5 nitrogen and oxygen atoms in total. The third-order valence-electron chi connectivity index (χ3n) is 3.59. The molecule has 0 bridgehead atoms. The Morgan fingerprint density at radius 1 is 1.17 bits per heavy atom. The molecule has 1 aromatic heterocycles. The topological polar surface area (TPSA) is 84.1 Å². The lowest BCUT2D eigenvalue weighted by molar-refractivity contribution is 0.476. The highest BCUT2D eigenvalue weighted by atomic mass is 16.3. The molecule has 0 fully saturated rings. The van der Waals surface area contributed by atoms with Gasteiger partial charge in [-0.25, -0.2) is 9.97 Å². The molecule has 1 atom stereocenters. The molecule has 0 radical (unpaired) electrons. The van der Waals surface area contributed by atoms with Crippen molar-refractivity contribution in [1.29, 1.82) is 0 Å². The molecule has 5 heteroatoms. The number of nitrogens with one attached hydrogen (secondary N) is 1. The quantitative estimate of drug-likeness (QED) is 0.690. The lowest BCUT2D eigenvalue weighted by atomic mass is 10.1. The predicted octanol–water partition coefficient (Wildman–Crippen LogP) is 3.07. The van der Waals surface area contributed by atoms with E-state index in [-0.39, 0.29) is 11.8 Å². The van der Waals surface area contributed by atoms with Gasteiger partial charge in [-0.3, -0.25) is 0 Å². The molecule has 23 heavy (non-hydrogen) atoms. The molecule has 2 aromatic carbocycles. The third-order valence-corrected chi connectivity index (χ3v) is 3.59. The van der Waals surface area contributed by atoms with Gasteiger partial charge in [0.05, 0.1) is 11.1 Å². The standard InChI is InChI=1S/C18H20N4O/c1-11-7-8-14(16(23)9-11)18-21-15-6-4-3-5-13(15)17(22-18)20-10-12(2)19/h3-9,12,23H,10,19H2,1-2H3,(H,20,21,22)/t12-/m1/s1. The lowest BCUT2D eigenvalue weighted by Gasteiger charge is -2.13. The number of phenols is 1. The van der Waals surface area contributed by atoms with Gasteiger partial charge >= 0.3 is 0 Å². The normalized spacial score (nSPS) is 12.3. The predicted molar refractivity (Wildman–Crippen MR) is 93.5 cm³/mol. The number of aromatic nitrogens is 2. The summed E-state index contributed by atoms with van der Waals surface area (Å²) >= 11 is 0. The molecule has 4 N–H and O–H groups in total. The first-order chi connectivity index (χ1) is 11.0. The first-order valence-corrected chi connectivity index (χ1v) is 7.61. The van der Waals surface area contributed by atoms with Crippen LogP contribution in [0.15, 0.2) is 42.5 Å². The summed E-state index contributed by atoms with van der Waals surface area (Å²) in [4.78, 5) is 9.18. The number of aromatic hydroxyl groups is 1. The molecule has 118 valence electrons. The number of phenolic OH excluding ortho intramolecular Hbond substituents is 1. The van der Waals surface area contributed by atoms with E-state index >= 15 is 0 Å². The molecule has 0 saturated carbocycles. The summed E-state index contributed by atoms with van der Waals surface area (Å²) in [6.07, 6.45) is 0. The highest BCUT2D eigenvalue weighted by molar-refractivity contribution is 5.90. The van der Waals surface area contributed by atoms with E-state index < -0.39 is 0 Å². The van der Waals surface area contributed by atoms with E-state index in [0.717, 1.165) is 22.3 Å². The average Bonchev–Trinajstić information content (AvgIpc) is 2.52. The van der Waals surface area contributed by atoms with Crippen LogP contribution in [0.5, 0.6) is 5.75 Å². The van der Waals surface area contributed by atoms with Gasteiger partial charge in [0.25, 0.3) is 0 Å². The Bertz CT molecular complexity index is 846. The fraction of sp³-hybridized carbons (Fsp3) is 0.222. The van der Waals surface area contributed by atoms with Crippen molar-refractivity contribution >= 4 is 16.7 Å². The summed E-state index contributed by atoms with van der Waals surface area (Å²) in [6.45, 7) is 4.48. The summed E-state index contributed by atoms with van der Waals surface area (Å²) in [5, 5.41) is 14.4. The van der Waals surface area contributed by atoms with Crippen LogP contribution in [-0.4, -0.2) is 27.7 Å². The molecular formula is C18H20N4O. The van der Waals surface area contributed by atoms with Crippen LogP contribution in [0, 0.1) is 6.92 Å². The number of nitrogens with two attached hydrogens (primary N) is 1. The van der Waals surface area contributed by atoms with Gasteiger partial charge < -0.3 is 16.2 Å². The first kappa shape index (κ1) is 15.2. The van der Waals surface area contributed by atoms with Crippen LogP contribution in [0.3, 0.4) is 0 Å². The molecule has 0 aliphatic rings. The van der Waals surface area contributed by atoms with Crippen LogP contribution in [-0.2, 0) is 0 Å². The molecule has 0 spiro atoms. The number of nitrogens with zero attached hydrogens (tertiary/aromatic N) is 2. The molecule has 0 saturated heterocycles. The van der Waals surface area contributed by atoms with Crippen molar-refractivity contribution in [2.45, 2.75) is 19.9 Å². The van der Waals surface area contributed by atoms with Gasteiger partial charge in [0.2, 0.25) is 0 Å². The Morgan fingerprint density at radius 3 is 2.70 bits per heavy atom. The average molecular weight is 308 g/mol. The van der Waals surface area contributed by atoms with Gasteiger partial charge in [-0.15, -0.1) is 0 Å². The molecule has 0 aliphatic heterocycles. The van der Waals surface area contributed by atoms with E-state index in [1.165, 1.54) is 0 Å². The van der Waals surface area contributed by atoms with Crippen LogP contribution in [0.2, 0.25) is 0 Å². The lowest BCUT2D eigenvalue weighted by Crippen LogP contribution is -2.25. The number of rotatable bonds is 4. The number of hydrogen-bond acceptors (Lipinski definition) is 5. The second kappa shape index (κ2) is 6.22. The first-order valence-electron chi connectivity index (χ1n) is 7.61. The maximum atomic E-state index is 10.2. The van der Waals surface area contributed by atoms with Gasteiger partial charge in [0.1, 0.15) is 11.6 Å². The van der Waals surface area contributed by atoms with E-state index in [1.54, 1.807) is 6.07 Å². The number of para-hydroxylation sites is 1. The van der Waals surface area contributed by atoms with Crippen molar-refractivity contribution < 1.29 is 5.11 Å². The number of hydrogen-bond donors (Lipinski definition) is 3. The molecular weight excluding hydrogens is 288 g/mol. The maximum absolute atomic E-state index is 10.2. The molecule has 3 aromatic rings. The molecule has 0 unspecified atom stereocenters. The Morgan fingerprint density at radius 2 is 1.96 bits per heavy atom. The van der Waals surface area contributed by atoms with Crippen molar-refractivity contribution in [3.8, 4) is 17.1 Å². The maximum Gasteiger partial charge on any atom is 0.165 e. The van der Waals surface area contributed by atoms with Crippen molar-refractivity contribution in [3.05, 3.63) is 48.0 Å². The van der Waals surface area contributed by atoms with Crippen LogP contribution >= 0.6 is 0 Å².